The van der Waals surface area contributed by atoms with Crippen LogP contribution in [0.2, 0.25) is 20.1 Å². The molecule has 2 aromatic carbocycles. The van der Waals surface area contributed by atoms with Crippen LogP contribution in [0.3, 0.4) is 0 Å². The van der Waals surface area contributed by atoms with Gasteiger partial charge in [-0.1, -0.05) is 76.2 Å². The van der Waals surface area contributed by atoms with Crippen LogP contribution in [0.4, 0.5) is 0 Å². The highest BCUT2D eigenvalue weighted by Gasteiger charge is 2.19. The Labute approximate surface area is 160 Å². The predicted octanol–water partition coefficient (Wildman–Crippen LogP) is 7.94. The average Bonchev–Trinajstić information content (AvgIpc) is 2.51. The van der Waals surface area contributed by atoms with Crippen molar-refractivity contribution in [2.45, 2.75) is 6.42 Å². The van der Waals surface area contributed by atoms with E-state index >= 15 is 0 Å². The standard InChI is InChI=1S/C18H10Cl5/c19-11-5-6-13(16(21)9-11)14-3-1-2-12(18(14)23)10-4-7-15(20)17(22)8-10/h2-9H,1H2. The Kier molecular flexibility index (Phi) is 5.30. The second-order valence-corrected chi connectivity index (χ2v) is 7.07. The third-order valence-corrected chi connectivity index (χ3v) is 5.26. The molecule has 0 bridgehead atoms. The lowest BCUT2D eigenvalue weighted by atomic mass is 9.90. The van der Waals surface area contributed by atoms with Crippen LogP contribution in [-0.2, 0) is 0 Å². The summed E-state index contributed by atoms with van der Waals surface area (Å²) in [7, 11) is 0. The van der Waals surface area contributed by atoms with Gasteiger partial charge in [-0.15, -0.1) is 0 Å². The molecule has 0 N–H and O–H groups in total. The van der Waals surface area contributed by atoms with Gasteiger partial charge in [-0.05, 0) is 59.4 Å². The minimum atomic E-state index is 0.496. The molecule has 2 aromatic rings. The molecule has 1 aliphatic rings. The molecule has 23 heavy (non-hydrogen) atoms. The Hall–Kier alpha value is -0.630. The third kappa shape index (κ3) is 3.57. The Balaban J connectivity index is 2.08. The van der Waals surface area contributed by atoms with E-state index < -0.39 is 0 Å². The van der Waals surface area contributed by atoms with Crippen LogP contribution in [0.1, 0.15) is 17.5 Å². The quantitative estimate of drug-likeness (QED) is 0.477. The highest BCUT2D eigenvalue weighted by molar-refractivity contribution is 6.43. The molecule has 0 amide bonds. The van der Waals surface area contributed by atoms with Crippen LogP contribution in [0.25, 0.3) is 11.1 Å². The van der Waals surface area contributed by atoms with Crippen molar-refractivity contribution in [3.63, 3.8) is 0 Å². The van der Waals surface area contributed by atoms with E-state index in [1.54, 1.807) is 18.2 Å². The summed E-state index contributed by atoms with van der Waals surface area (Å²) in [6, 6.07) is 10.8. The van der Waals surface area contributed by atoms with Crippen molar-refractivity contribution < 1.29 is 0 Å². The first kappa shape index (κ1) is 17.2. The summed E-state index contributed by atoms with van der Waals surface area (Å²) in [4.78, 5) is 0. The van der Waals surface area contributed by atoms with Gasteiger partial charge in [-0.25, -0.2) is 0 Å². The van der Waals surface area contributed by atoms with E-state index in [0.29, 0.717) is 25.1 Å². The molecule has 0 unspecified atom stereocenters. The number of hydrogen-bond acceptors (Lipinski definition) is 0. The summed E-state index contributed by atoms with van der Waals surface area (Å²) in [5, 5.41) is 2.79. The fourth-order valence-corrected chi connectivity index (χ4v) is 3.64. The topological polar surface area (TPSA) is 0 Å². The molecule has 0 aliphatic heterocycles. The van der Waals surface area contributed by atoms with E-state index in [0.717, 1.165) is 28.7 Å². The van der Waals surface area contributed by atoms with Gasteiger partial charge in [0, 0.05) is 10.0 Å². The van der Waals surface area contributed by atoms with Gasteiger partial charge in [0.1, 0.15) is 0 Å². The second kappa shape index (κ2) is 7.09. The smallest absolute Gasteiger partial charge is 0.0598 e. The molecule has 0 spiro atoms. The lowest BCUT2D eigenvalue weighted by Crippen LogP contribution is -1.99. The molecule has 1 aliphatic carbocycles. The van der Waals surface area contributed by atoms with Gasteiger partial charge in [-0.3, -0.25) is 0 Å². The highest BCUT2D eigenvalue weighted by atomic mass is 35.5. The molecule has 5 heteroatoms. The Bertz CT molecular complexity index is 833. The van der Waals surface area contributed by atoms with Crippen molar-refractivity contribution >= 4 is 69.2 Å². The lowest BCUT2D eigenvalue weighted by molar-refractivity contribution is 1.27. The van der Waals surface area contributed by atoms with Crippen molar-refractivity contribution in [1.29, 1.82) is 0 Å². The minimum Gasteiger partial charge on any atom is -0.0843 e. The van der Waals surface area contributed by atoms with E-state index in [1.807, 2.05) is 24.6 Å². The van der Waals surface area contributed by atoms with Gasteiger partial charge in [-0.2, -0.15) is 0 Å². The summed E-state index contributed by atoms with van der Waals surface area (Å²) in [5.74, 6) is 0. The van der Waals surface area contributed by atoms with Crippen molar-refractivity contribution in [3.05, 3.63) is 85.1 Å². The van der Waals surface area contributed by atoms with Crippen LogP contribution >= 0.6 is 58.0 Å². The van der Waals surface area contributed by atoms with E-state index in [1.165, 1.54) is 0 Å². The first-order chi connectivity index (χ1) is 11.0. The molecule has 0 aromatic heterocycles. The van der Waals surface area contributed by atoms with Crippen molar-refractivity contribution in [1.82, 2.24) is 0 Å². The summed E-state index contributed by atoms with van der Waals surface area (Å²) in [5.41, 5.74) is 3.57. The summed E-state index contributed by atoms with van der Waals surface area (Å²) < 4.78 is 0. The molecular weight excluding hydrogens is 393 g/mol. The molecule has 0 atom stereocenters. The van der Waals surface area contributed by atoms with Crippen molar-refractivity contribution in [3.8, 4) is 0 Å². The Morgan fingerprint density at radius 2 is 1.52 bits per heavy atom. The van der Waals surface area contributed by atoms with Gasteiger partial charge < -0.3 is 0 Å². The van der Waals surface area contributed by atoms with E-state index in [-0.39, 0.29) is 0 Å². The maximum Gasteiger partial charge on any atom is 0.0598 e. The monoisotopic (exact) mass is 401 g/mol. The lowest BCUT2D eigenvalue weighted by Gasteiger charge is -2.19. The van der Waals surface area contributed by atoms with Gasteiger partial charge in [0.05, 0.1) is 15.1 Å². The molecular formula is C18H10Cl5. The highest BCUT2D eigenvalue weighted by Crippen LogP contribution is 2.42. The first-order valence-corrected chi connectivity index (χ1v) is 8.70. The molecule has 3 rings (SSSR count). The van der Waals surface area contributed by atoms with E-state index in [4.69, 9.17) is 58.0 Å². The van der Waals surface area contributed by atoms with Gasteiger partial charge in [0.25, 0.3) is 0 Å². The van der Waals surface area contributed by atoms with E-state index in [9.17, 15) is 0 Å². The van der Waals surface area contributed by atoms with E-state index in [2.05, 4.69) is 6.08 Å². The molecule has 0 nitrogen and oxygen atoms in total. The fraction of sp³-hybridized carbons (Fsp3) is 0.0556. The second-order valence-electron chi connectivity index (χ2n) is 5.04. The molecule has 1 radical (unpaired) electrons. The molecule has 0 fully saturated rings. The van der Waals surface area contributed by atoms with Gasteiger partial charge >= 0.3 is 0 Å². The predicted molar refractivity (Wildman–Crippen MR) is 103 cm³/mol. The van der Waals surface area contributed by atoms with Crippen LogP contribution in [0, 0.1) is 6.42 Å². The van der Waals surface area contributed by atoms with Crippen LogP contribution in [-0.4, -0.2) is 0 Å². The average molecular weight is 404 g/mol. The van der Waals surface area contributed by atoms with Crippen LogP contribution < -0.4 is 0 Å². The Morgan fingerprint density at radius 1 is 0.739 bits per heavy atom. The van der Waals surface area contributed by atoms with Crippen molar-refractivity contribution in [2.75, 3.05) is 0 Å². The molecule has 117 valence electrons. The first-order valence-electron chi connectivity index (χ1n) is 6.81. The number of rotatable bonds is 2. The van der Waals surface area contributed by atoms with Crippen LogP contribution in [0.15, 0.2) is 47.5 Å². The zero-order chi connectivity index (χ0) is 16.6. The van der Waals surface area contributed by atoms with Gasteiger partial charge in [0.15, 0.2) is 0 Å². The maximum absolute atomic E-state index is 6.63. The molecule has 0 heterocycles. The number of halogens is 5. The normalized spacial score (nSPS) is 14.9. The van der Waals surface area contributed by atoms with Crippen molar-refractivity contribution in [2.24, 2.45) is 0 Å². The molecule has 0 saturated carbocycles. The van der Waals surface area contributed by atoms with Gasteiger partial charge in [0.2, 0.25) is 0 Å². The summed E-state index contributed by atoms with van der Waals surface area (Å²) >= 11 is 31.0. The SMILES string of the molecule is ClC1=C(c2ccc(Cl)cc2Cl)[CH]CC=C1c1ccc(Cl)c(Cl)c1. The maximum atomic E-state index is 6.63. The summed E-state index contributed by atoms with van der Waals surface area (Å²) in [6.45, 7) is 0. The summed E-state index contributed by atoms with van der Waals surface area (Å²) in [6.07, 6.45) is 4.84. The number of hydrogen-bond donors (Lipinski definition) is 0. The fourth-order valence-electron chi connectivity index (χ4n) is 2.46. The number of allylic oxidation sites excluding steroid dienone is 4. The number of benzene rings is 2. The van der Waals surface area contributed by atoms with Crippen LogP contribution in [0.5, 0.6) is 0 Å². The molecule has 0 saturated heterocycles. The largest absolute Gasteiger partial charge is 0.0843 e. The zero-order valence-corrected chi connectivity index (χ0v) is 15.5. The Morgan fingerprint density at radius 3 is 2.22 bits per heavy atom. The minimum absolute atomic E-state index is 0.496. The third-order valence-electron chi connectivity index (χ3n) is 3.57. The zero-order valence-electron chi connectivity index (χ0n) is 11.7.